The monoisotopic (exact) mass is 201 g/mol. The normalized spacial score (nSPS) is 16.6. The summed E-state index contributed by atoms with van der Waals surface area (Å²) in [4.78, 5) is 3.49. The molecule has 1 aromatic carbocycles. The quantitative estimate of drug-likeness (QED) is 0.791. The van der Waals surface area contributed by atoms with Crippen molar-refractivity contribution in [2.45, 2.75) is 25.2 Å². The van der Waals surface area contributed by atoms with Gasteiger partial charge in [-0.05, 0) is 30.9 Å². The minimum Gasteiger partial charge on any atom is -0.495 e. The number of para-hydroxylation sites is 1. The van der Waals surface area contributed by atoms with Crippen LogP contribution < -0.4 is 4.74 Å². The van der Waals surface area contributed by atoms with E-state index in [1.807, 2.05) is 12.1 Å². The van der Waals surface area contributed by atoms with Crippen LogP contribution in [0.2, 0.25) is 0 Å². The number of H-pyrrole nitrogens is 1. The van der Waals surface area contributed by atoms with Gasteiger partial charge in [-0.25, -0.2) is 0 Å². The number of fused-ring (bicyclic) bond motifs is 1. The molecule has 1 fully saturated rings. The van der Waals surface area contributed by atoms with Crippen LogP contribution in [0.3, 0.4) is 0 Å². The van der Waals surface area contributed by atoms with Crippen LogP contribution in [0.15, 0.2) is 24.3 Å². The molecule has 2 nitrogen and oxygen atoms in total. The standard InChI is InChI=1S/C13H15NO/c1-15-12-7-3-6-10-8-11(14-13(10)12)9-4-2-5-9/h3,6-9,14H,2,4-5H2,1H3. The number of aromatic nitrogens is 1. The number of nitrogens with one attached hydrogen (secondary N) is 1. The molecule has 0 amide bonds. The Morgan fingerprint density at radius 2 is 2.20 bits per heavy atom. The van der Waals surface area contributed by atoms with Gasteiger partial charge in [-0.15, -0.1) is 0 Å². The lowest BCUT2D eigenvalue weighted by Crippen LogP contribution is -2.08. The Morgan fingerprint density at radius 3 is 2.87 bits per heavy atom. The maximum Gasteiger partial charge on any atom is 0.142 e. The Bertz CT molecular complexity index is 482. The fourth-order valence-electron chi connectivity index (χ4n) is 2.26. The third-order valence-corrected chi connectivity index (χ3v) is 3.40. The topological polar surface area (TPSA) is 25.0 Å². The average molecular weight is 201 g/mol. The second kappa shape index (κ2) is 3.30. The van der Waals surface area contributed by atoms with Gasteiger partial charge >= 0.3 is 0 Å². The maximum absolute atomic E-state index is 5.34. The van der Waals surface area contributed by atoms with Crippen molar-refractivity contribution >= 4 is 10.9 Å². The van der Waals surface area contributed by atoms with Crippen molar-refractivity contribution in [2.75, 3.05) is 7.11 Å². The van der Waals surface area contributed by atoms with Crippen molar-refractivity contribution < 1.29 is 4.74 Å². The molecule has 0 radical (unpaired) electrons. The Balaban J connectivity index is 2.12. The summed E-state index contributed by atoms with van der Waals surface area (Å²) in [6.07, 6.45) is 4.03. The number of aromatic amines is 1. The molecule has 15 heavy (non-hydrogen) atoms. The highest BCUT2D eigenvalue weighted by molar-refractivity contribution is 5.86. The van der Waals surface area contributed by atoms with Gasteiger partial charge in [0.15, 0.2) is 0 Å². The SMILES string of the molecule is COc1cccc2cc(C3CCC3)[nH]c12. The molecule has 2 aromatic rings. The first kappa shape index (κ1) is 8.84. The molecule has 0 atom stereocenters. The number of benzene rings is 1. The van der Waals surface area contributed by atoms with E-state index in [9.17, 15) is 0 Å². The van der Waals surface area contributed by atoms with Crippen LogP contribution in [0.1, 0.15) is 30.9 Å². The lowest BCUT2D eigenvalue weighted by molar-refractivity contribution is 0.410. The Kier molecular flexibility index (Phi) is 1.94. The molecule has 3 rings (SSSR count). The van der Waals surface area contributed by atoms with E-state index >= 15 is 0 Å². The molecular formula is C13H15NO. The van der Waals surface area contributed by atoms with E-state index < -0.39 is 0 Å². The largest absolute Gasteiger partial charge is 0.495 e. The van der Waals surface area contributed by atoms with Gasteiger partial charge < -0.3 is 9.72 Å². The number of rotatable bonds is 2. The van der Waals surface area contributed by atoms with E-state index in [1.165, 1.54) is 30.3 Å². The van der Waals surface area contributed by atoms with Crippen molar-refractivity contribution in [3.8, 4) is 5.75 Å². The van der Waals surface area contributed by atoms with Crippen LogP contribution in [0.5, 0.6) is 5.75 Å². The van der Waals surface area contributed by atoms with Gasteiger partial charge in [-0.3, -0.25) is 0 Å². The van der Waals surface area contributed by atoms with Crippen molar-refractivity contribution in [2.24, 2.45) is 0 Å². The molecule has 1 heterocycles. The van der Waals surface area contributed by atoms with E-state index in [-0.39, 0.29) is 0 Å². The molecular weight excluding hydrogens is 186 g/mol. The molecule has 1 aliphatic rings. The van der Waals surface area contributed by atoms with Crippen LogP contribution in [-0.2, 0) is 0 Å². The van der Waals surface area contributed by atoms with Crippen molar-refractivity contribution in [1.29, 1.82) is 0 Å². The maximum atomic E-state index is 5.34. The van der Waals surface area contributed by atoms with E-state index in [4.69, 9.17) is 4.74 Å². The number of hydrogen-bond acceptors (Lipinski definition) is 1. The second-order valence-corrected chi connectivity index (χ2v) is 4.28. The molecule has 0 aliphatic heterocycles. The molecule has 0 unspecified atom stereocenters. The van der Waals surface area contributed by atoms with E-state index in [1.54, 1.807) is 7.11 Å². The van der Waals surface area contributed by atoms with Crippen molar-refractivity contribution in [3.05, 3.63) is 30.0 Å². The van der Waals surface area contributed by atoms with E-state index in [0.29, 0.717) is 0 Å². The summed E-state index contributed by atoms with van der Waals surface area (Å²) in [6, 6.07) is 8.45. The smallest absolute Gasteiger partial charge is 0.142 e. The summed E-state index contributed by atoms with van der Waals surface area (Å²) in [7, 11) is 1.72. The summed E-state index contributed by atoms with van der Waals surface area (Å²) in [5.41, 5.74) is 2.52. The van der Waals surface area contributed by atoms with Crippen LogP contribution in [0.4, 0.5) is 0 Å². The molecule has 1 N–H and O–H groups in total. The first-order valence-corrected chi connectivity index (χ1v) is 5.54. The summed E-state index contributed by atoms with van der Waals surface area (Å²) in [5, 5.41) is 1.26. The Labute approximate surface area is 89.3 Å². The first-order valence-electron chi connectivity index (χ1n) is 5.54. The highest BCUT2D eigenvalue weighted by Crippen LogP contribution is 2.38. The third kappa shape index (κ3) is 1.32. The van der Waals surface area contributed by atoms with Crippen LogP contribution in [0.25, 0.3) is 10.9 Å². The van der Waals surface area contributed by atoms with Crippen LogP contribution in [0, 0.1) is 0 Å². The summed E-state index contributed by atoms with van der Waals surface area (Å²) in [6.45, 7) is 0. The minimum absolute atomic E-state index is 0.752. The second-order valence-electron chi connectivity index (χ2n) is 4.28. The summed E-state index contributed by atoms with van der Waals surface area (Å²) < 4.78 is 5.34. The molecule has 0 saturated heterocycles. The number of methoxy groups -OCH3 is 1. The van der Waals surface area contributed by atoms with Gasteiger partial charge in [-0.2, -0.15) is 0 Å². The van der Waals surface area contributed by atoms with Gasteiger partial charge in [0.2, 0.25) is 0 Å². The summed E-state index contributed by atoms with van der Waals surface area (Å²) >= 11 is 0. The lowest BCUT2D eigenvalue weighted by Gasteiger charge is -2.23. The van der Waals surface area contributed by atoms with Gasteiger partial charge in [0.25, 0.3) is 0 Å². The highest BCUT2D eigenvalue weighted by Gasteiger charge is 2.21. The molecule has 2 heteroatoms. The molecule has 78 valence electrons. The molecule has 1 aliphatic carbocycles. The predicted octanol–water partition coefficient (Wildman–Crippen LogP) is 3.44. The van der Waals surface area contributed by atoms with Crippen molar-refractivity contribution in [3.63, 3.8) is 0 Å². The third-order valence-electron chi connectivity index (χ3n) is 3.40. The Morgan fingerprint density at radius 1 is 1.33 bits per heavy atom. The van der Waals surface area contributed by atoms with Gasteiger partial charge in [0.05, 0.1) is 12.6 Å². The number of ether oxygens (including phenoxy) is 1. The Hall–Kier alpha value is -1.44. The highest BCUT2D eigenvalue weighted by atomic mass is 16.5. The zero-order valence-electron chi connectivity index (χ0n) is 8.92. The molecule has 1 saturated carbocycles. The van der Waals surface area contributed by atoms with Crippen LogP contribution >= 0.6 is 0 Å². The van der Waals surface area contributed by atoms with E-state index in [2.05, 4.69) is 17.1 Å². The average Bonchev–Trinajstić information content (AvgIpc) is 2.57. The lowest BCUT2D eigenvalue weighted by atomic mass is 9.83. The minimum atomic E-state index is 0.752. The predicted molar refractivity (Wildman–Crippen MR) is 61.4 cm³/mol. The zero-order valence-corrected chi connectivity index (χ0v) is 8.92. The van der Waals surface area contributed by atoms with Gasteiger partial charge in [0, 0.05) is 11.1 Å². The molecule has 0 spiro atoms. The number of hydrogen-bond donors (Lipinski definition) is 1. The zero-order chi connectivity index (χ0) is 10.3. The summed E-state index contributed by atoms with van der Waals surface area (Å²) in [5.74, 6) is 1.69. The first-order chi connectivity index (χ1) is 7.38. The fourth-order valence-corrected chi connectivity index (χ4v) is 2.26. The van der Waals surface area contributed by atoms with Crippen LogP contribution in [-0.4, -0.2) is 12.1 Å². The fraction of sp³-hybridized carbons (Fsp3) is 0.385. The van der Waals surface area contributed by atoms with E-state index in [0.717, 1.165) is 17.2 Å². The molecule has 1 aromatic heterocycles. The van der Waals surface area contributed by atoms with Gasteiger partial charge in [-0.1, -0.05) is 18.6 Å². The van der Waals surface area contributed by atoms with Crippen molar-refractivity contribution in [1.82, 2.24) is 4.98 Å². The van der Waals surface area contributed by atoms with Gasteiger partial charge in [0.1, 0.15) is 5.75 Å². The molecule has 0 bridgehead atoms.